The molecule has 2 atom stereocenters. The van der Waals surface area contributed by atoms with E-state index in [0.29, 0.717) is 0 Å². The van der Waals surface area contributed by atoms with E-state index >= 15 is 0 Å². The molecule has 1 aromatic carbocycles. The van der Waals surface area contributed by atoms with E-state index in [1.54, 1.807) is 25.9 Å². The number of rotatable bonds is 6. The minimum atomic E-state index is -4.00. The zero-order chi connectivity index (χ0) is 22.4. The van der Waals surface area contributed by atoms with Crippen LogP contribution >= 0.6 is 11.6 Å². The van der Waals surface area contributed by atoms with Gasteiger partial charge in [-0.25, -0.2) is 8.42 Å². The van der Waals surface area contributed by atoms with Gasteiger partial charge in [-0.2, -0.15) is 0 Å². The summed E-state index contributed by atoms with van der Waals surface area (Å²) < 4.78 is 43.1. The molecule has 1 spiro atoms. The molecule has 0 radical (unpaired) electrons. The number of fused-ring (bicyclic) bond motifs is 1. The molecule has 1 aromatic rings. The minimum absolute atomic E-state index is 0. The van der Waals surface area contributed by atoms with E-state index in [1.165, 1.54) is 20.3 Å². The highest BCUT2D eigenvalue weighted by Gasteiger charge is 2.61. The molecule has 1 aliphatic carbocycles. The predicted molar refractivity (Wildman–Crippen MR) is 118 cm³/mol. The highest BCUT2D eigenvalue weighted by Crippen LogP contribution is 2.55. The first-order chi connectivity index (χ1) is 14.0. The Morgan fingerprint density at radius 3 is 2.39 bits per heavy atom. The first kappa shape index (κ1) is 25.2. The number of allylic oxidation sites excluding steroid dienone is 1. The monoisotopic (exact) mass is 473 g/mol. The predicted octanol–water partition coefficient (Wildman–Crippen LogP) is 2.78. The first-order valence-corrected chi connectivity index (χ1v) is 11.3. The van der Waals surface area contributed by atoms with Gasteiger partial charge in [-0.1, -0.05) is 26.0 Å². The molecule has 0 saturated carbocycles. The van der Waals surface area contributed by atoms with Gasteiger partial charge in [0.15, 0.2) is 21.4 Å². The van der Waals surface area contributed by atoms with E-state index in [0.717, 1.165) is 6.08 Å². The van der Waals surface area contributed by atoms with Crippen molar-refractivity contribution in [2.24, 2.45) is 5.92 Å². The number of carbonyl (C=O) groups excluding carboxylic acids is 2. The number of benzene rings is 1. The fourth-order valence-electron chi connectivity index (χ4n) is 3.82. The summed E-state index contributed by atoms with van der Waals surface area (Å²) in [5.74, 6) is -1.61. The van der Waals surface area contributed by atoms with Crippen molar-refractivity contribution < 1.29 is 32.2 Å². The topological polar surface area (TPSA) is 99.2 Å². The molecule has 10 heteroatoms. The molecule has 0 N–H and O–H groups in total. The molecular weight excluding hydrogens is 446 g/mol. The Morgan fingerprint density at radius 1 is 1.23 bits per heavy atom. The van der Waals surface area contributed by atoms with Crippen LogP contribution in [0, 0.1) is 5.92 Å². The van der Waals surface area contributed by atoms with Crippen LogP contribution < -0.4 is 14.2 Å². The van der Waals surface area contributed by atoms with Crippen LogP contribution in [-0.2, 0) is 14.6 Å². The molecule has 0 saturated heterocycles. The van der Waals surface area contributed by atoms with E-state index < -0.39 is 27.1 Å². The van der Waals surface area contributed by atoms with Gasteiger partial charge in [-0.3, -0.25) is 9.59 Å². The van der Waals surface area contributed by atoms with Crippen molar-refractivity contribution in [1.82, 2.24) is 4.90 Å². The van der Waals surface area contributed by atoms with Crippen LogP contribution in [0.1, 0.15) is 31.1 Å². The van der Waals surface area contributed by atoms with Crippen molar-refractivity contribution in [3.05, 3.63) is 27.6 Å². The number of sulfone groups is 1. The maximum atomic E-state index is 13.7. The van der Waals surface area contributed by atoms with Crippen LogP contribution in [0.4, 0.5) is 0 Å². The van der Waals surface area contributed by atoms with Crippen molar-refractivity contribution >= 4 is 33.0 Å². The number of carbonyl (C=O) groups is 2. The zero-order valence-corrected chi connectivity index (χ0v) is 19.0. The van der Waals surface area contributed by atoms with E-state index in [-0.39, 0.29) is 64.7 Å². The molecule has 3 rings (SSSR count). The molecule has 0 bridgehead atoms. The van der Waals surface area contributed by atoms with Crippen molar-refractivity contribution in [1.29, 1.82) is 0 Å². The van der Waals surface area contributed by atoms with Crippen LogP contribution in [0.5, 0.6) is 17.2 Å². The highest BCUT2D eigenvalue weighted by atomic mass is 35.5. The summed E-state index contributed by atoms with van der Waals surface area (Å²) in [4.78, 5) is 27.3. The van der Waals surface area contributed by atoms with Crippen LogP contribution in [0.2, 0.25) is 5.02 Å². The van der Waals surface area contributed by atoms with E-state index in [1.807, 2.05) is 0 Å². The number of ether oxygens (including phenoxy) is 3. The Hall–Kier alpha value is -2.10. The Labute approximate surface area is 188 Å². The summed E-state index contributed by atoms with van der Waals surface area (Å²) >= 11 is 6.39. The summed E-state index contributed by atoms with van der Waals surface area (Å²) in [7, 11) is 2.25. The Bertz CT molecular complexity index is 1050. The normalized spacial score (nSPS) is 22.7. The Kier molecular flexibility index (Phi) is 7.14. The number of hydrogen-bond donors (Lipinski definition) is 0. The zero-order valence-electron chi connectivity index (χ0n) is 17.4. The molecule has 0 amide bonds. The van der Waals surface area contributed by atoms with E-state index in [4.69, 9.17) is 25.8 Å². The van der Waals surface area contributed by atoms with Crippen LogP contribution in [0.25, 0.3) is 0 Å². The number of halogens is 1. The van der Waals surface area contributed by atoms with Crippen LogP contribution in [0.3, 0.4) is 0 Å². The van der Waals surface area contributed by atoms with Gasteiger partial charge in [0.05, 0.1) is 24.9 Å². The van der Waals surface area contributed by atoms with Crippen molar-refractivity contribution in [2.75, 3.05) is 40.6 Å². The maximum Gasteiger partial charge on any atom is 0.219 e. The van der Waals surface area contributed by atoms with Crippen molar-refractivity contribution in [3.8, 4) is 17.2 Å². The summed E-state index contributed by atoms with van der Waals surface area (Å²) in [6.07, 6.45) is 0.982. The number of nitrogens with zero attached hydrogens (tertiary/aromatic N) is 1. The highest BCUT2D eigenvalue weighted by molar-refractivity contribution is 7.95. The SMILES string of the molecule is C.COc1cc(OC)c2c(c1Cl)O[C@]1(C2=O)C(S(=O)(=O)CCN(C)C)=CC(=O)C[C@H]1C. The number of ketones is 2. The van der Waals surface area contributed by atoms with Crippen LogP contribution in [-0.4, -0.2) is 71.1 Å². The molecule has 2 aliphatic rings. The molecule has 172 valence electrons. The molecule has 0 aromatic heterocycles. The van der Waals surface area contributed by atoms with E-state index in [9.17, 15) is 18.0 Å². The van der Waals surface area contributed by atoms with Gasteiger partial charge < -0.3 is 19.1 Å². The number of Topliss-reactive ketones (excluding diaryl/α,β-unsaturated/α-hetero) is 1. The third-order valence-corrected chi connectivity index (χ3v) is 7.59. The standard InChI is InChI=1S/C20H24ClNO7S.CH4/c1-11-8-12(23)9-15(30(25,26)7-6-22(2)3)20(11)19(24)16-13(27-4)10-14(28-5)17(21)18(16)29-20;/h9-11H,6-8H2,1-5H3;1H4/t11-,20+;/m1./s1. The number of methoxy groups -OCH3 is 2. The van der Waals surface area contributed by atoms with Gasteiger partial charge in [-0.05, 0) is 14.1 Å². The Balaban J connectivity index is 0.00000341. The molecule has 1 aliphatic heterocycles. The van der Waals surface area contributed by atoms with Gasteiger partial charge in [0.1, 0.15) is 22.1 Å². The van der Waals surface area contributed by atoms with Gasteiger partial charge in [0, 0.05) is 31.0 Å². The second-order valence-electron chi connectivity index (χ2n) is 7.67. The second-order valence-corrected chi connectivity index (χ2v) is 10.1. The van der Waals surface area contributed by atoms with Crippen LogP contribution in [0.15, 0.2) is 17.0 Å². The average Bonchev–Trinajstić information content (AvgIpc) is 2.98. The lowest BCUT2D eigenvalue weighted by atomic mass is 9.77. The summed E-state index contributed by atoms with van der Waals surface area (Å²) in [6, 6.07) is 1.45. The Morgan fingerprint density at radius 2 is 1.84 bits per heavy atom. The molecule has 31 heavy (non-hydrogen) atoms. The van der Waals surface area contributed by atoms with Gasteiger partial charge in [-0.15, -0.1) is 0 Å². The molecular formula is C21H28ClNO7S. The maximum absolute atomic E-state index is 13.7. The van der Waals surface area contributed by atoms with E-state index in [2.05, 4.69) is 0 Å². The largest absolute Gasteiger partial charge is 0.496 e. The van der Waals surface area contributed by atoms with Gasteiger partial charge >= 0.3 is 0 Å². The molecule has 0 fully saturated rings. The smallest absolute Gasteiger partial charge is 0.219 e. The lowest BCUT2D eigenvalue weighted by Crippen LogP contribution is -2.53. The molecule has 0 unspecified atom stereocenters. The van der Waals surface area contributed by atoms with Crippen molar-refractivity contribution in [3.63, 3.8) is 0 Å². The van der Waals surface area contributed by atoms with Gasteiger partial charge in [0.2, 0.25) is 11.4 Å². The summed E-state index contributed by atoms with van der Waals surface area (Å²) in [5.41, 5.74) is -1.84. The summed E-state index contributed by atoms with van der Waals surface area (Å²) in [6.45, 7) is 1.84. The molecule has 1 heterocycles. The van der Waals surface area contributed by atoms with Gasteiger partial charge in [0.25, 0.3) is 0 Å². The second kappa shape index (κ2) is 8.80. The fourth-order valence-corrected chi connectivity index (χ4v) is 6.02. The lowest BCUT2D eigenvalue weighted by molar-refractivity contribution is -0.117. The third-order valence-electron chi connectivity index (χ3n) is 5.42. The quantitative estimate of drug-likeness (QED) is 0.621. The first-order valence-electron chi connectivity index (χ1n) is 9.30. The lowest BCUT2D eigenvalue weighted by Gasteiger charge is -2.37. The fraction of sp³-hybridized carbons (Fsp3) is 0.524. The average molecular weight is 474 g/mol. The third kappa shape index (κ3) is 3.94. The number of hydrogen-bond acceptors (Lipinski definition) is 8. The molecule has 8 nitrogen and oxygen atoms in total. The summed E-state index contributed by atoms with van der Waals surface area (Å²) in [5, 5.41) is 0.0349. The van der Waals surface area contributed by atoms with Crippen molar-refractivity contribution in [2.45, 2.75) is 26.4 Å². The minimum Gasteiger partial charge on any atom is -0.496 e.